The van der Waals surface area contributed by atoms with Crippen LogP contribution in [0.1, 0.15) is 44.5 Å². The zero-order valence-electron chi connectivity index (χ0n) is 13.6. The molecular weight excluding hydrogens is 280 g/mol. The average Bonchev–Trinajstić information content (AvgIpc) is 2.45. The van der Waals surface area contributed by atoms with Crippen LogP contribution in [-0.2, 0) is 20.7 Å². The fraction of sp³-hybridized carbons (Fsp3) is 0.389. The van der Waals surface area contributed by atoms with Crippen molar-refractivity contribution in [1.82, 2.24) is 0 Å². The first-order valence-electron chi connectivity index (χ1n) is 7.06. The Morgan fingerprint density at radius 2 is 1.73 bits per heavy atom. The van der Waals surface area contributed by atoms with E-state index in [0.717, 1.165) is 5.56 Å². The molecule has 22 heavy (non-hydrogen) atoms. The summed E-state index contributed by atoms with van der Waals surface area (Å²) < 4.78 is 4.41. The molecule has 4 heteroatoms. The smallest absolute Gasteiger partial charge is 0.379 e. The molecule has 1 rings (SSSR count). The van der Waals surface area contributed by atoms with Gasteiger partial charge in [0, 0.05) is 13.4 Å². The first-order chi connectivity index (χ1) is 10.2. The van der Waals surface area contributed by atoms with Gasteiger partial charge in [-0.15, -0.1) is 0 Å². The maximum Gasteiger partial charge on any atom is 0.379 e. The highest BCUT2D eigenvalue weighted by atomic mass is 16.5. The van der Waals surface area contributed by atoms with Crippen LogP contribution in [0.5, 0.6) is 0 Å². The number of carbonyl (C=O) groups is 3. The summed E-state index contributed by atoms with van der Waals surface area (Å²) in [6, 6.07) is 6.79. The maximum absolute atomic E-state index is 11.8. The SMILES string of the molecule is C=C(C)C(=O)CC(C)(C)Cc1ccc(C(=O)C(=O)OC)cc1.[HH]. The van der Waals surface area contributed by atoms with Gasteiger partial charge in [0.05, 0.1) is 7.11 Å². The summed E-state index contributed by atoms with van der Waals surface area (Å²) in [5.41, 5.74) is 1.66. The number of hydrogen-bond acceptors (Lipinski definition) is 4. The van der Waals surface area contributed by atoms with Crippen molar-refractivity contribution in [2.24, 2.45) is 5.41 Å². The molecule has 0 N–H and O–H groups in total. The minimum atomic E-state index is -0.875. The normalized spacial score (nSPS) is 10.9. The molecule has 0 aliphatic carbocycles. The van der Waals surface area contributed by atoms with Crippen LogP contribution in [0.4, 0.5) is 0 Å². The second-order valence-corrected chi connectivity index (χ2v) is 6.24. The molecule has 0 unspecified atom stereocenters. The first-order valence-corrected chi connectivity index (χ1v) is 7.06. The molecule has 0 saturated carbocycles. The van der Waals surface area contributed by atoms with Crippen LogP contribution in [0.25, 0.3) is 0 Å². The highest BCUT2D eigenvalue weighted by Gasteiger charge is 2.23. The fourth-order valence-electron chi connectivity index (χ4n) is 2.19. The summed E-state index contributed by atoms with van der Waals surface area (Å²) in [7, 11) is 1.18. The standard InChI is InChI=1S/C18H22O4.H2/c1-12(2)15(19)11-18(3,4)10-13-6-8-14(9-7-13)16(20)17(21)22-5;/h6-9H,1,10-11H2,2-5H3;1H. The third-order valence-corrected chi connectivity index (χ3v) is 3.38. The summed E-state index contributed by atoms with van der Waals surface area (Å²) in [4.78, 5) is 34.7. The molecule has 0 aromatic heterocycles. The van der Waals surface area contributed by atoms with Crippen molar-refractivity contribution in [1.29, 1.82) is 0 Å². The Bertz CT molecular complexity index is 600. The second kappa shape index (κ2) is 7.16. The number of ketones is 2. The predicted octanol–water partition coefficient (Wildman–Crippen LogP) is 3.39. The van der Waals surface area contributed by atoms with E-state index < -0.39 is 11.8 Å². The minimum Gasteiger partial charge on any atom is -0.463 e. The van der Waals surface area contributed by atoms with Gasteiger partial charge in [-0.2, -0.15) is 0 Å². The Morgan fingerprint density at radius 3 is 2.18 bits per heavy atom. The summed E-state index contributed by atoms with van der Waals surface area (Å²) in [5.74, 6) is -1.48. The number of methoxy groups -OCH3 is 1. The zero-order chi connectivity index (χ0) is 16.9. The molecule has 0 bridgehead atoms. The second-order valence-electron chi connectivity index (χ2n) is 6.24. The number of carbonyl (C=O) groups excluding carboxylic acids is 3. The summed E-state index contributed by atoms with van der Waals surface area (Å²) in [5, 5.41) is 0. The van der Waals surface area contributed by atoms with E-state index in [-0.39, 0.29) is 12.6 Å². The third kappa shape index (κ3) is 4.95. The van der Waals surface area contributed by atoms with Gasteiger partial charge in [-0.05, 0) is 29.9 Å². The van der Waals surface area contributed by atoms with Gasteiger partial charge in [-0.1, -0.05) is 44.7 Å². The van der Waals surface area contributed by atoms with Gasteiger partial charge in [0.15, 0.2) is 5.78 Å². The number of allylic oxidation sites excluding steroid dienone is 1. The van der Waals surface area contributed by atoms with Gasteiger partial charge in [0.25, 0.3) is 5.78 Å². The van der Waals surface area contributed by atoms with Crippen LogP contribution in [0.2, 0.25) is 0 Å². The van der Waals surface area contributed by atoms with E-state index >= 15 is 0 Å². The lowest BCUT2D eigenvalue weighted by Crippen LogP contribution is -2.20. The lowest BCUT2D eigenvalue weighted by Gasteiger charge is -2.24. The molecule has 0 amide bonds. The number of rotatable bonds is 7. The van der Waals surface area contributed by atoms with E-state index in [1.807, 2.05) is 13.8 Å². The number of esters is 1. The van der Waals surface area contributed by atoms with Crippen molar-refractivity contribution >= 4 is 17.5 Å². The van der Waals surface area contributed by atoms with E-state index in [4.69, 9.17) is 0 Å². The Labute approximate surface area is 132 Å². The van der Waals surface area contributed by atoms with Crippen molar-refractivity contribution in [3.05, 3.63) is 47.5 Å². The van der Waals surface area contributed by atoms with Gasteiger partial charge < -0.3 is 4.74 Å². The molecule has 0 spiro atoms. The lowest BCUT2D eigenvalue weighted by molar-refractivity contribution is -0.135. The quantitative estimate of drug-likeness (QED) is 0.335. The number of hydrogen-bond donors (Lipinski definition) is 0. The van der Waals surface area contributed by atoms with E-state index in [1.165, 1.54) is 7.11 Å². The molecular formula is C18H24O4. The third-order valence-electron chi connectivity index (χ3n) is 3.38. The van der Waals surface area contributed by atoms with Crippen molar-refractivity contribution in [3.8, 4) is 0 Å². The van der Waals surface area contributed by atoms with Gasteiger partial charge in [-0.3, -0.25) is 9.59 Å². The predicted molar refractivity (Wildman–Crippen MR) is 86.8 cm³/mol. The first kappa shape index (κ1) is 17.8. The zero-order valence-corrected chi connectivity index (χ0v) is 13.6. The van der Waals surface area contributed by atoms with Crippen LogP contribution >= 0.6 is 0 Å². The monoisotopic (exact) mass is 304 g/mol. The van der Waals surface area contributed by atoms with Crippen LogP contribution < -0.4 is 0 Å². The van der Waals surface area contributed by atoms with Crippen molar-refractivity contribution < 1.29 is 20.5 Å². The Balaban J connectivity index is 0.00000484. The number of Topliss-reactive ketones (excluding diaryl/α,β-unsaturated/α-hetero) is 2. The van der Waals surface area contributed by atoms with Crippen molar-refractivity contribution in [2.45, 2.75) is 33.6 Å². The van der Waals surface area contributed by atoms with E-state index in [2.05, 4.69) is 11.3 Å². The van der Waals surface area contributed by atoms with E-state index in [1.54, 1.807) is 31.2 Å². The number of ether oxygens (including phenoxy) is 1. The molecule has 0 aliphatic rings. The molecule has 120 valence electrons. The molecule has 0 fully saturated rings. The Hall–Kier alpha value is -2.23. The van der Waals surface area contributed by atoms with E-state index in [9.17, 15) is 14.4 Å². The summed E-state index contributed by atoms with van der Waals surface area (Å²) in [6.45, 7) is 9.42. The molecule has 0 aliphatic heterocycles. The Morgan fingerprint density at radius 1 is 1.18 bits per heavy atom. The van der Waals surface area contributed by atoms with Crippen LogP contribution in [0, 0.1) is 5.41 Å². The van der Waals surface area contributed by atoms with Gasteiger partial charge in [-0.25, -0.2) is 4.79 Å². The van der Waals surface area contributed by atoms with Gasteiger partial charge in [0.1, 0.15) is 0 Å². The van der Waals surface area contributed by atoms with E-state index in [0.29, 0.717) is 24.0 Å². The van der Waals surface area contributed by atoms with Gasteiger partial charge in [0.2, 0.25) is 0 Å². The van der Waals surface area contributed by atoms with Crippen LogP contribution in [0.15, 0.2) is 36.4 Å². The molecule has 1 aromatic carbocycles. The lowest BCUT2D eigenvalue weighted by atomic mass is 9.80. The van der Waals surface area contributed by atoms with Crippen molar-refractivity contribution in [2.75, 3.05) is 7.11 Å². The van der Waals surface area contributed by atoms with Gasteiger partial charge >= 0.3 is 5.97 Å². The molecule has 0 heterocycles. The molecule has 0 atom stereocenters. The highest BCUT2D eigenvalue weighted by molar-refractivity contribution is 6.40. The topological polar surface area (TPSA) is 60.4 Å². The maximum atomic E-state index is 11.8. The summed E-state index contributed by atoms with van der Waals surface area (Å²) >= 11 is 0. The highest BCUT2D eigenvalue weighted by Crippen LogP contribution is 2.27. The molecule has 0 saturated heterocycles. The minimum absolute atomic E-state index is 0. The van der Waals surface area contributed by atoms with Crippen LogP contribution in [0.3, 0.4) is 0 Å². The molecule has 4 nitrogen and oxygen atoms in total. The fourth-order valence-corrected chi connectivity index (χ4v) is 2.19. The molecule has 1 aromatic rings. The Kier molecular flexibility index (Phi) is 5.80. The van der Waals surface area contributed by atoms with Crippen LogP contribution in [-0.4, -0.2) is 24.6 Å². The van der Waals surface area contributed by atoms with Crippen molar-refractivity contribution in [3.63, 3.8) is 0 Å². The summed E-state index contributed by atoms with van der Waals surface area (Å²) in [6.07, 6.45) is 1.11. The number of benzene rings is 1. The average molecular weight is 304 g/mol. The largest absolute Gasteiger partial charge is 0.463 e. The molecule has 0 radical (unpaired) electrons.